The molecule has 3 fully saturated rings. The topological polar surface area (TPSA) is 95.9 Å². The molecule has 14 heteroatoms. The minimum absolute atomic E-state index is 0.00722. The molecule has 6 heterocycles. The van der Waals surface area contributed by atoms with E-state index in [1.54, 1.807) is 0 Å². The average molecular weight is 757 g/mol. The number of halogens is 5. The number of phenolic OH excluding ortho intramolecular Hbond substituents is 1. The molecule has 0 bridgehead atoms. The van der Waals surface area contributed by atoms with Crippen LogP contribution < -0.4 is 15.0 Å². The largest absolute Gasteiger partial charge is 0.508 e. The number of aryl methyl sites for hydroxylation is 1. The van der Waals surface area contributed by atoms with Gasteiger partial charge in [-0.15, -0.1) is 6.42 Å². The number of pyridine rings is 1. The van der Waals surface area contributed by atoms with Crippen LogP contribution in [0.15, 0.2) is 24.3 Å². The quantitative estimate of drug-likeness (QED) is 0.156. The van der Waals surface area contributed by atoms with Gasteiger partial charge in [-0.1, -0.05) is 39.7 Å². The lowest BCUT2D eigenvalue weighted by molar-refractivity contribution is -0.167. The second-order valence-electron chi connectivity index (χ2n) is 13.3. The Morgan fingerprint density at radius 2 is 1.74 bits per heavy atom. The predicted octanol–water partition coefficient (Wildman–Crippen LogP) is 7.79. The summed E-state index contributed by atoms with van der Waals surface area (Å²) in [5.74, 6) is 1.68. The molecule has 0 spiro atoms. The van der Waals surface area contributed by atoms with Crippen LogP contribution >= 0.6 is 0 Å². The van der Waals surface area contributed by atoms with Crippen LogP contribution in [0.4, 0.5) is 27.8 Å². The van der Waals surface area contributed by atoms with E-state index in [1.807, 2.05) is 27.7 Å². The van der Waals surface area contributed by atoms with Crippen molar-refractivity contribution in [2.24, 2.45) is 0 Å². The fourth-order valence-corrected chi connectivity index (χ4v) is 8.01. The fraction of sp³-hybridized carbons (Fsp3) is 0.525. The minimum atomic E-state index is -4.17. The number of hydrogen-bond donors (Lipinski definition) is 2. The third kappa shape index (κ3) is 8.18. The standard InChI is InChI=1S/C33H32F2N6O2.C3H5F3O.2C2H6/c1-2-22-24(34)7-5-19-15-21(42)16-23(26(19)22)29-28(35)30-27-25(37-29)8-6-20-17-36-11-14-41(20)31(27)39-32(38-30)43-18-33-9-3-12-40(33)13-4-10-33;1-7-2-3(4,5)6;2*1-2/h1,5,7,15-16,20,36,42H,3-4,6,8-14,17-18H2;2H2,1H3;2*1-2H3. The van der Waals surface area contributed by atoms with Gasteiger partial charge in [-0.2, -0.15) is 23.1 Å². The molecule has 0 radical (unpaired) electrons. The van der Waals surface area contributed by atoms with Crippen LogP contribution in [0, 0.1) is 24.0 Å². The van der Waals surface area contributed by atoms with Crippen molar-refractivity contribution < 1.29 is 36.5 Å². The number of alkyl halides is 3. The Morgan fingerprint density at radius 3 is 2.39 bits per heavy atom. The number of anilines is 1. The molecule has 4 aliphatic heterocycles. The van der Waals surface area contributed by atoms with Gasteiger partial charge in [-0.05, 0) is 75.2 Å². The molecular weight excluding hydrogens is 707 g/mol. The molecule has 292 valence electrons. The van der Waals surface area contributed by atoms with Crippen molar-refractivity contribution in [3.8, 4) is 35.4 Å². The molecule has 3 saturated heterocycles. The number of methoxy groups -OCH3 is 1. The number of rotatable bonds is 5. The van der Waals surface area contributed by atoms with Crippen molar-refractivity contribution in [1.82, 2.24) is 25.2 Å². The molecule has 9 nitrogen and oxygen atoms in total. The van der Waals surface area contributed by atoms with Crippen molar-refractivity contribution >= 4 is 27.5 Å². The molecule has 1 unspecified atom stereocenters. The number of aromatic nitrogens is 3. The number of ether oxygens (including phenoxy) is 2. The van der Waals surface area contributed by atoms with E-state index >= 15 is 4.39 Å². The lowest BCUT2D eigenvalue weighted by Gasteiger charge is -2.36. The third-order valence-corrected chi connectivity index (χ3v) is 10.2. The Balaban J connectivity index is 0.000000455. The molecule has 2 aromatic carbocycles. The lowest BCUT2D eigenvalue weighted by atomic mass is 9.95. The average Bonchev–Trinajstić information content (AvgIpc) is 3.71. The Kier molecular flexibility index (Phi) is 13.2. The summed E-state index contributed by atoms with van der Waals surface area (Å²) in [5, 5.41) is 15.5. The van der Waals surface area contributed by atoms with Crippen molar-refractivity contribution in [2.45, 2.75) is 84.0 Å². The van der Waals surface area contributed by atoms with Crippen molar-refractivity contribution in [2.75, 3.05) is 57.9 Å². The van der Waals surface area contributed by atoms with Gasteiger partial charge in [0.05, 0.1) is 22.2 Å². The van der Waals surface area contributed by atoms with E-state index < -0.39 is 24.4 Å². The molecule has 2 N–H and O–H groups in total. The zero-order valence-electron chi connectivity index (χ0n) is 31.5. The maximum atomic E-state index is 16.9. The van der Waals surface area contributed by atoms with E-state index in [9.17, 15) is 22.7 Å². The molecule has 54 heavy (non-hydrogen) atoms. The predicted molar refractivity (Wildman–Crippen MR) is 201 cm³/mol. The summed E-state index contributed by atoms with van der Waals surface area (Å²) in [6, 6.07) is 5.95. The number of piperazine rings is 1. The van der Waals surface area contributed by atoms with Crippen LogP contribution in [0.5, 0.6) is 11.8 Å². The number of phenols is 1. The van der Waals surface area contributed by atoms with E-state index in [4.69, 9.17) is 26.1 Å². The third-order valence-electron chi connectivity index (χ3n) is 10.2. The van der Waals surface area contributed by atoms with Gasteiger partial charge in [0.1, 0.15) is 41.8 Å². The first-order chi connectivity index (χ1) is 26.0. The lowest BCUT2D eigenvalue weighted by Crippen LogP contribution is -2.51. The number of aromatic hydroxyl groups is 1. The summed E-state index contributed by atoms with van der Waals surface area (Å²) in [4.78, 5) is 19.2. The van der Waals surface area contributed by atoms with Crippen LogP contribution in [0.3, 0.4) is 0 Å². The molecule has 2 aromatic heterocycles. The van der Waals surface area contributed by atoms with Crippen LogP contribution in [0.25, 0.3) is 32.9 Å². The Morgan fingerprint density at radius 1 is 1.02 bits per heavy atom. The normalized spacial score (nSPS) is 18.5. The minimum Gasteiger partial charge on any atom is -0.508 e. The number of nitrogens with one attached hydrogen (secondary N) is 1. The molecule has 4 aromatic rings. The van der Waals surface area contributed by atoms with Gasteiger partial charge >= 0.3 is 12.2 Å². The number of terminal acetylenes is 1. The number of nitrogens with zero attached hydrogens (tertiary/aromatic N) is 5. The zero-order chi connectivity index (χ0) is 39.2. The van der Waals surface area contributed by atoms with Crippen LogP contribution in [0.2, 0.25) is 0 Å². The van der Waals surface area contributed by atoms with Crippen molar-refractivity contribution in [3.63, 3.8) is 0 Å². The van der Waals surface area contributed by atoms with E-state index in [2.05, 4.69) is 25.8 Å². The molecule has 0 aliphatic carbocycles. The summed E-state index contributed by atoms with van der Waals surface area (Å²) < 4.78 is 74.7. The molecule has 4 aliphatic rings. The molecule has 1 atom stereocenters. The highest BCUT2D eigenvalue weighted by molar-refractivity contribution is 6.03. The summed E-state index contributed by atoms with van der Waals surface area (Å²) in [5.41, 5.74) is 0.932. The number of hydrogen-bond acceptors (Lipinski definition) is 9. The van der Waals surface area contributed by atoms with Gasteiger partial charge in [0.15, 0.2) is 5.82 Å². The van der Waals surface area contributed by atoms with Crippen LogP contribution in [0.1, 0.15) is 71.1 Å². The Labute approximate surface area is 313 Å². The van der Waals surface area contributed by atoms with Crippen LogP contribution in [-0.2, 0) is 11.2 Å². The van der Waals surface area contributed by atoms with E-state index in [1.165, 1.54) is 24.3 Å². The SMILES string of the molecule is C#Cc1c(F)ccc2cc(O)cc(-c3nc4c5c(nc(OCC67CCCN6CCC7)nc5c3F)N3CCNCC3CC4)c12.CC.CC.COCC(F)(F)F. The van der Waals surface area contributed by atoms with Gasteiger partial charge in [-0.3, -0.25) is 4.90 Å². The first kappa shape index (κ1) is 40.9. The smallest absolute Gasteiger partial charge is 0.411 e. The van der Waals surface area contributed by atoms with E-state index in [-0.39, 0.29) is 45.7 Å². The highest BCUT2D eigenvalue weighted by atomic mass is 19.4. The summed E-state index contributed by atoms with van der Waals surface area (Å²) in [6.45, 7) is 11.7. The maximum absolute atomic E-state index is 16.9. The second-order valence-corrected chi connectivity index (χ2v) is 13.3. The maximum Gasteiger partial charge on any atom is 0.411 e. The fourth-order valence-electron chi connectivity index (χ4n) is 8.01. The van der Waals surface area contributed by atoms with Gasteiger partial charge in [0, 0.05) is 43.7 Å². The Hall–Kier alpha value is -4.32. The Bertz CT molecular complexity index is 1970. The van der Waals surface area contributed by atoms with Crippen molar-refractivity contribution in [1.29, 1.82) is 0 Å². The summed E-state index contributed by atoms with van der Waals surface area (Å²) >= 11 is 0. The number of benzene rings is 2. The first-order valence-electron chi connectivity index (χ1n) is 18.7. The van der Waals surface area contributed by atoms with Gasteiger partial charge < -0.3 is 24.8 Å². The molecular formula is C40H49F5N6O3. The van der Waals surface area contributed by atoms with Gasteiger partial charge in [0.2, 0.25) is 0 Å². The monoisotopic (exact) mass is 756 g/mol. The zero-order valence-corrected chi connectivity index (χ0v) is 31.5. The van der Waals surface area contributed by atoms with Gasteiger partial charge in [0.25, 0.3) is 0 Å². The van der Waals surface area contributed by atoms with Crippen LogP contribution in [-0.4, -0.2) is 95.8 Å². The van der Waals surface area contributed by atoms with Crippen molar-refractivity contribution in [3.05, 3.63) is 47.2 Å². The molecule has 0 saturated carbocycles. The van der Waals surface area contributed by atoms with E-state index in [0.717, 1.165) is 71.9 Å². The van der Waals surface area contributed by atoms with E-state index in [0.29, 0.717) is 40.7 Å². The molecule has 0 amide bonds. The summed E-state index contributed by atoms with van der Waals surface area (Å²) in [6.07, 6.45) is 7.33. The summed E-state index contributed by atoms with van der Waals surface area (Å²) in [7, 11) is 1.01. The van der Waals surface area contributed by atoms with Gasteiger partial charge in [-0.25, -0.2) is 13.8 Å². The molecule has 8 rings (SSSR count). The second kappa shape index (κ2) is 17.4. The first-order valence-corrected chi connectivity index (χ1v) is 18.7. The number of fused-ring (bicyclic) bond motifs is 4. The highest BCUT2D eigenvalue weighted by Gasteiger charge is 2.45. The highest BCUT2D eigenvalue weighted by Crippen LogP contribution is 2.43.